The van der Waals surface area contributed by atoms with Gasteiger partial charge in [0.25, 0.3) is 0 Å². The van der Waals surface area contributed by atoms with E-state index in [1.54, 1.807) is 7.05 Å². The molecule has 1 aliphatic heterocycles. The van der Waals surface area contributed by atoms with Gasteiger partial charge in [0.15, 0.2) is 5.96 Å². The molecule has 1 aromatic rings. The predicted molar refractivity (Wildman–Crippen MR) is 121 cm³/mol. The first-order valence-corrected chi connectivity index (χ1v) is 9.89. The summed E-state index contributed by atoms with van der Waals surface area (Å²) in [5, 5.41) is 10.9. The zero-order valence-corrected chi connectivity index (χ0v) is 19.6. The highest BCUT2D eigenvalue weighted by molar-refractivity contribution is 14.0. The van der Waals surface area contributed by atoms with Gasteiger partial charge in [-0.3, -0.25) is 24.2 Å². The van der Waals surface area contributed by atoms with E-state index in [0.29, 0.717) is 25.6 Å². The molecule has 9 heteroatoms. The first-order chi connectivity index (χ1) is 13.4. The average molecular weight is 512 g/mol. The normalized spacial score (nSPS) is 27.4. The number of carbonyl (C=O) groups excluding carboxylic acids is 2. The molecule has 2 aliphatic carbocycles. The molecule has 158 valence electrons. The van der Waals surface area contributed by atoms with Gasteiger partial charge < -0.3 is 10.6 Å². The number of nitrogens with zero attached hydrogens (tertiary/aromatic N) is 4. The lowest BCUT2D eigenvalue weighted by atomic mass is 9.85. The summed E-state index contributed by atoms with van der Waals surface area (Å²) in [6.07, 6.45) is 5.20. The maximum atomic E-state index is 12.7. The Morgan fingerprint density at radius 1 is 1.17 bits per heavy atom. The molecule has 4 atom stereocenters. The van der Waals surface area contributed by atoms with E-state index >= 15 is 0 Å². The Morgan fingerprint density at radius 2 is 1.79 bits per heavy atom. The number of rotatable bonds is 5. The Morgan fingerprint density at radius 3 is 2.31 bits per heavy atom. The number of imide groups is 1. The molecular weight excluding hydrogens is 483 g/mol. The summed E-state index contributed by atoms with van der Waals surface area (Å²) < 4.78 is 1.87. The van der Waals surface area contributed by atoms with Crippen molar-refractivity contribution in [3.8, 4) is 0 Å². The second kappa shape index (κ2) is 8.45. The van der Waals surface area contributed by atoms with Crippen molar-refractivity contribution in [2.24, 2.45) is 35.7 Å². The lowest BCUT2D eigenvalue weighted by molar-refractivity contribution is -0.140. The second-order valence-electron chi connectivity index (χ2n) is 7.95. The quantitative estimate of drug-likeness (QED) is 0.203. The summed E-state index contributed by atoms with van der Waals surface area (Å²) in [7, 11) is 3.64. The van der Waals surface area contributed by atoms with Crippen LogP contribution in [0.1, 0.15) is 23.4 Å². The van der Waals surface area contributed by atoms with Crippen molar-refractivity contribution in [2.75, 3.05) is 20.1 Å². The van der Waals surface area contributed by atoms with E-state index in [2.05, 4.69) is 32.9 Å². The van der Waals surface area contributed by atoms with Gasteiger partial charge in [-0.25, -0.2) is 0 Å². The van der Waals surface area contributed by atoms with Crippen molar-refractivity contribution in [3.63, 3.8) is 0 Å². The molecule has 4 unspecified atom stereocenters. The van der Waals surface area contributed by atoms with Gasteiger partial charge in [0, 0.05) is 45.0 Å². The molecule has 0 radical (unpaired) electrons. The number of guanidine groups is 1. The molecule has 2 fully saturated rings. The van der Waals surface area contributed by atoms with Crippen LogP contribution >= 0.6 is 24.0 Å². The number of nitrogens with one attached hydrogen (secondary N) is 2. The summed E-state index contributed by atoms with van der Waals surface area (Å²) >= 11 is 0. The number of amides is 2. The SMILES string of the molecule is CN=C(NCCN1C(=O)C2C3C=CC(C3)C2C1=O)NCc1c(C)nn(C)c1C.I. The van der Waals surface area contributed by atoms with E-state index in [9.17, 15) is 9.59 Å². The van der Waals surface area contributed by atoms with E-state index in [-0.39, 0.29) is 59.5 Å². The molecule has 2 bridgehead atoms. The minimum Gasteiger partial charge on any atom is -0.355 e. The van der Waals surface area contributed by atoms with Crippen molar-refractivity contribution in [3.05, 3.63) is 29.1 Å². The molecule has 1 saturated heterocycles. The van der Waals surface area contributed by atoms with E-state index in [4.69, 9.17) is 0 Å². The van der Waals surface area contributed by atoms with Crippen LogP contribution in [-0.4, -0.2) is 52.6 Å². The minimum absolute atomic E-state index is 0. The molecule has 1 saturated carbocycles. The van der Waals surface area contributed by atoms with Gasteiger partial charge in [-0.15, -0.1) is 24.0 Å². The molecule has 3 aliphatic rings. The number of hydrogen-bond acceptors (Lipinski definition) is 4. The fraction of sp³-hybridized carbons (Fsp3) is 0.600. The van der Waals surface area contributed by atoms with Crippen LogP contribution in [0.2, 0.25) is 0 Å². The summed E-state index contributed by atoms with van der Waals surface area (Å²) in [5.41, 5.74) is 3.25. The zero-order chi connectivity index (χ0) is 20.0. The van der Waals surface area contributed by atoms with Crippen LogP contribution in [0.5, 0.6) is 0 Å². The highest BCUT2D eigenvalue weighted by Crippen LogP contribution is 2.52. The lowest BCUT2D eigenvalue weighted by Crippen LogP contribution is -2.43. The Bertz CT molecular complexity index is 847. The lowest BCUT2D eigenvalue weighted by Gasteiger charge is -2.18. The van der Waals surface area contributed by atoms with Crippen molar-refractivity contribution in [1.29, 1.82) is 0 Å². The largest absolute Gasteiger partial charge is 0.355 e. The summed E-state index contributed by atoms with van der Waals surface area (Å²) in [4.78, 5) is 31.1. The molecule has 4 rings (SSSR count). The van der Waals surface area contributed by atoms with Gasteiger partial charge in [-0.05, 0) is 32.1 Å². The van der Waals surface area contributed by atoms with Crippen LogP contribution in [0.3, 0.4) is 0 Å². The van der Waals surface area contributed by atoms with Gasteiger partial charge >= 0.3 is 0 Å². The third-order valence-corrected chi connectivity index (χ3v) is 6.50. The average Bonchev–Trinajstić information content (AvgIpc) is 3.40. The highest BCUT2D eigenvalue weighted by atomic mass is 127. The fourth-order valence-corrected chi connectivity index (χ4v) is 4.94. The first-order valence-electron chi connectivity index (χ1n) is 9.89. The zero-order valence-electron chi connectivity index (χ0n) is 17.3. The standard InChI is InChI=1S/C20H28N6O2.HI/c1-11-15(12(2)25(4)24-11)10-23-20(21-3)22-7-8-26-18(27)16-13-5-6-14(9-13)17(16)19(26)28;/h5-6,13-14,16-17H,7-10H2,1-4H3,(H2,21,22,23);1H. The molecule has 2 amide bonds. The van der Waals surface area contributed by atoms with Crippen LogP contribution in [0.15, 0.2) is 17.1 Å². The van der Waals surface area contributed by atoms with Gasteiger partial charge in [-0.2, -0.15) is 5.10 Å². The third-order valence-electron chi connectivity index (χ3n) is 6.50. The number of hydrogen-bond donors (Lipinski definition) is 2. The van der Waals surface area contributed by atoms with Gasteiger partial charge in [0.2, 0.25) is 11.8 Å². The Labute approximate surface area is 188 Å². The highest BCUT2D eigenvalue weighted by Gasteiger charge is 2.58. The number of halogens is 1. The van der Waals surface area contributed by atoms with E-state index in [0.717, 1.165) is 23.4 Å². The Balaban J connectivity index is 0.00000240. The predicted octanol–water partition coefficient (Wildman–Crippen LogP) is 1.13. The van der Waals surface area contributed by atoms with E-state index in [1.807, 2.05) is 25.6 Å². The Kier molecular flexibility index (Phi) is 6.35. The molecule has 0 spiro atoms. The maximum Gasteiger partial charge on any atom is 0.233 e. The topological polar surface area (TPSA) is 91.6 Å². The molecule has 0 aromatic carbocycles. The number of aromatic nitrogens is 2. The molecular formula is C20H29IN6O2. The van der Waals surface area contributed by atoms with Crippen LogP contribution < -0.4 is 10.6 Å². The van der Waals surface area contributed by atoms with Gasteiger partial charge in [-0.1, -0.05) is 12.2 Å². The van der Waals surface area contributed by atoms with Crippen LogP contribution in [0.25, 0.3) is 0 Å². The maximum absolute atomic E-state index is 12.7. The third kappa shape index (κ3) is 3.69. The van der Waals surface area contributed by atoms with Crippen molar-refractivity contribution in [2.45, 2.75) is 26.8 Å². The first kappa shape index (κ1) is 21.8. The number of aryl methyl sites for hydroxylation is 2. The number of likely N-dealkylation sites (tertiary alicyclic amines) is 1. The smallest absolute Gasteiger partial charge is 0.233 e. The number of carbonyl (C=O) groups is 2. The Hall–Kier alpha value is -1.91. The van der Waals surface area contributed by atoms with Gasteiger partial charge in [0.1, 0.15) is 0 Å². The van der Waals surface area contributed by atoms with E-state index in [1.165, 1.54) is 4.90 Å². The molecule has 1 aromatic heterocycles. The monoisotopic (exact) mass is 512 g/mol. The van der Waals surface area contributed by atoms with Crippen LogP contribution in [-0.2, 0) is 23.2 Å². The van der Waals surface area contributed by atoms with Crippen molar-refractivity contribution >= 4 is 41.8 Å². The van der Waals surface area contributed by atoms with Crippen molar-refractivity contribution < 1.29 is 9.59 Å². The molecule has 8 nitrogen and oxygen atoms in total. The van der Waals surface area contributed by atoms with Crippen molar-refractivity contribution in [1.82, 2.24) is 25.3 Å². The second-order valence-corrected chi connectivity index (χ2v) is 7.95. The molecule has 29 heavy (non-hydrogen) atoms. The summed E-state index contributed by atoms with van der Waals surface area (Å²) in [5.74, 6) is 0.891. The van der Waals surface area contributed by atoms with Crippen LogP contribution in [0.4, 0.5) is 0 Å². The van der Waals surface area contributed by atoms with Gasteiger partial charge in [0.05, 0.1) is 17.5 Å². The summed E-state index contributed by atoms with van der Waals surface area (Å²) in [6, 6.07) is 0. The molecule has 2 heterocycles. The number of aliphatic imine (C=N–C) groups is 1. The molecule has 2 N–H and O–H groups in total. The summed E-state index contributed by atoms with van der Waals surface area (Å²) in [6.45, 7) is 5.49. The number of fused-ring (bicyclic) bond motifs is 5. The van der Waals surface area contributed by atoms with E-state index < -0.39 is 0 Å². The van der Waals surface area contributed by atoms with Crippen LogP contribution in [0, 0.1) is 37.5 Å². The number of allylic oxidation sites excluding steroid dienone is 2. The fourth-order valence-electron chi connectivity index (χ4n) is 4.94. The minimum atomic E-state index is -0.128.